The lowest BCUT2D eigenvalue weighted by atomic mass is 9.95. The molecular formula is C24H23N3O2. The summed E-state index contributed by atoms with van der Waals surface area (Å²) < 4.78 is 6.23. The Bertz CT molecular complexity index is 1060. The number of anilines is 2. The van der Waals surface area contributed by atoms with Crippen molar-refractivity contribution >= 4 is 11.4 Å². The second kappa shape index (κ2) is 6.49. The van der Waals surface area contributed by atoms with Gasteiger partial charge in [-0.15, -0.1) is 0 Å². The van der Waals surface area contributed by atoms with E-state index in [0.717, 1.165) is 41.1 Å². The molecule has 146 valence electrons. The molecule has 2 fully saturated rings. The van der Waals surface area contributed by atoms with E-state index < -0.39 is 0 Å². The normalized spacial score (nSPS) is 24.6. The number of pyridine rings is 1. The van der Waals surface area contributed by atoms with Crippen LogP contribution in [0, 0.1) is 0 Å². The number of rotatable bonds is 2. The van der Waals surface area contributed by atoms with E-state index in [4.69, 9.17) is 4.74 Å². The highest BCUT2D eigenvalue weighted by molar-refractivity contribution is 5.83. The summed E-state index contributed by atoms with van der Waals surface area (Å²) in [6.07, 6.45) is 8.36. The zero-order chi connectivity index (χ0) is 19.4. The van der Waals surface area contributed by atoms with E-state index in [9.17, 15) is 5.11 Å². The van der Waals surface area contributed by atoms with Crippen LogP contribution in [-0.4, -0.2) is 28.2 Å². The summed E-state index contributed by atoms with van der Waals surface area (Å²) in [7, 11) is 0. The summed E-state index contributed by atoms with van der Waals surface area (Å²) in [6.45, 7) is 0. The van der Waals surface area contributed by atoms with Crippen LogP contribution in [0.1, 0.15) is 25.7 Å². The lowest BCUT2D eigenvalue weighted by Crippen LogP contribution is -2.47. The van der Waals surface area contributed by atoms with Gasteiger partial charge in [-0.05, 0) is 61.6 Å². The van der Waals surface area contributed by atoms with Crippen molar-refractivity contribution in [3.8, 4) is 28.4 Å². The van der Waals surface area contributed by atoms with Gasteiger partial charge in [0.05, 0.1) is 11.4 Å². The predicted octanol–water partition coefficient (Wildman–Crippen LogP) is 4.98. The number of hydrogen-bond donors (Lipinski definition) is 2. The van der Waals surface area contributed by atoms with Crippen LogP contribution in [0.2, 0.25) is 0 Å². The van der Waals surface area contributed by atoms with Gasteiger partial charge in [0.1, 0.15) is 0 Å². The van der Waals surface area contributed by atoms with E-state index in [-0.39, 0.29) is 5.75 Å². The van der Waals surface area contributed by atoms with Crippen molar-refractivity contribution in [2.45, 2.75) is 43.8 Å². The lowest BCUT2D eigenvalue weighted by Gasteiger charge is -2.42. The molecule has 5 heteroatoms. The quantitative estimate of drug-likeness (QED) is 0.651. The number of hydrogen-bond acceptors (Lipinski definition) is 5. The maximum atomic E-state index is 10.5. The zero-order valence-electron chi connectivity index (χ0n) is 16.1. The SMILES string of the molecule is Oc1cccc2c1Oc1cc(-c3cccnc3)ccc1N2C1C[C@H]2CC[C@@H](C1)N2. The Labute approximate surface area is 170 Å². The maximum absolute atomic E-state index is 10.5. The van der Waals surface area contributed by atoms with Crippen LogP contribution in [0.15, 0.2) is 60.9 Å². The van der Waals surface area contributed by atoms with Gasteiger partial charge in [0.25, 0.3) is 0 Å². The molecule has 2 aromatic carbocycles. The van der Waals surface area contributed by atoms with Crippen molar-refractivity contribution in [1.29, 1.82) is 0 Å². The largest absolute Gasteiger partial charge is 0.504 e. The van der Waals surface area contributed by atoms with Crippen molar-refractivity contribution in [1.82, 2.24) is 10.3 Å². The van der Waals surface area contributed by atoms with E-state index in [2.05, 4.69) is 39.5 Å². The Morgan fingerprint density at radius 3 is 2.62 bits per heavy atom. The predicted molar refractivity (Wildman–Crippen MR) is 113 cm³/mol. The number of ether oxygens (including phenoxy) is 1. The van der Waals surface area contributed by atoms with Gasteiger partial charge in [0.2, 0.25) is 0 Å². The third-order valence-corrected chi connectivity index (χ3v) is 6.47. The molecule has 3 aromatic rings. The van der Waals surface area contributed by atoms with E-state index >= 15 is 0 Å². The summed E-state index contributed by atoms with van der Waals surface area (Å²) in [5.74, 6) is 1.52. The van der Waals surface area contributed by atoms with Crippen LogP contribution in [0.5, 0.6) is 17.2 Å². The van der Waals surface area contributed by atoms with Gasteiger partial charge in [-0.3, -0.25) is 4.98 Å². The molecule has 3 aliphatic heterocycles. The zero-order valence-corrected chi connectivity index (χ0v) is 16.1. The molecule has 2 saturated heterocycles. The molecule has 2 bridgehead atoms. The van der Waals surface area contributed by atoms with Crippen LogP contribution < -0.4 is 15.0 Å². The first-order valence-electron chi connectivity index (χ1n) is 10.4. The van der Waals surface area contributed by atoms with Crippen molar-refractivity contribution < 1.29 is 9.84 Å². The summed E-state index contributed by atoms with van der Waals surface area (Å²) in [4.78, 5) is 6.63. The second-order valence-electron chi connectivity index (χ2n) is 8.28. The van der Waals surface area contributed by atoms with Crippen LogP contribution in [0.4, 0.5) is 11.4 Å². The summed E-state index contributed by atoms with van der Waals surface area (Å²) in [6, 6.07) is 17.5. The number of nitrogens with one attached hydrogen (secondary N) is 1. The van der Waals surface area contributed by atoms with Gasteiger partial charge < -0.3 is 20.1 Å². The van der Waals surface area contributed by atoms with Gasteiger partial charge in [0.15, 0.2) is 17.2 Å². The minimum Gasteiger partial charge on any atom is -0.504 e. The fraction of sp³-hybridized carbons (Fsp3) is 0.292. The first-order valence-corrected chi connectivity index (χ1v) is 10.4. The van der Waals surface area contributed by atoms with Crippen LogP contribution >= 0.6 is 0 Å². The molecule has 4 heterocycles. The topological polar surface area (TPSA) is 57.6 Å². The van der Waals surface area contributed by atoms with Crippen molar-refractivity contribution in [3.05, 3.63) is 60.9 Å². The van der Waals surface area contributed by atoms with E-state index in [1.54, 1.807) is 12.3 Å². The highest BCUT2D eigenvalue weighted by atomic mass is 16.5. The molecule has 5 nitrogen and oxygen atoms in total. The van der Waals surface area contributed by atoms with Crippen LogP contribution in [-0.2, 0) is 0 Å². The Hall–Kier alpha value is -3.05. The smallest absolute Gasteiger partial charge is 0.192 e. The van der Waals surface area contributed by atoms with E-state index in [0.29, 0.717) is 23.9 Å². The lowest BCUT2D eigenvalue weighted by molar-refractivity contribution is 0.350. The minimum atomic E-state index is 0.182. The molecule has 1 aromatic heterocycles. The molecule has 29 heavy (non-hydrogen) atoms. The number of para-hydroxylation sites is 1. The van der Waals surface area contributed by atoms with Crippen LogP contribution in [0.3, 0.4) is 0 Å². The summed E-state index contributed by atoms with van der Waals surface area (Å²) in [5.41, 5.74) is 4.13. The molecule has 1 unspecified atom stereocenters. The summed E-state index contributed by atoms with van der Waals surface area (Å²) in [5, 5.41) is 14.3. The Kier molecular flexibility index (Phi) is 3.78. The molecule has 0 aliphatic carbocycles. The van der Waals surface area contributed by atoms with Crippen LogP contribution in [0.25, 0.3) is 11.1 Å². The molecule has 3 atom stereocenters. The number of piperidine rings is 1. The first-order chi connectivity index (χ1) is 14.3. The Balaban J connectivity index is 1.47. The molecule has 6 rings (SSSR count). The molecule has 3 aliphatic rings. The fourth-order valence-electron chi connectivity index (χ4n) is 5.19. The molecular weight excluding hydrogens is 362 g/mol. The van der Waals surface area contributed by atoms with Gasteiger partial charge >= 0.3 is 0 Å². The van der Waals surface area contributed by atoms with Gasteiger partial charge in [-0.2, -0.15) is 0 Å². The van der Waals surface area contributed by atoms with Crippen molar-refractivity contribution in [3.63, 3.8) is 0 Å². The third-order valence-electron chi connectivity index (χ3n) is 6.47. The molecule has 0 saturated carbocycles. The highest BCUT2D eigenvalue weighted by Gasteiger charge is 2.39. The average molecular weight is 385 g/mol. The number of nitrogens with zero attached hydrogens (tertiary/aromatic N) is 2. The number of phenolic OH excluding ortho intramolecular Hbond substituents is 1. The number of phenols is 1. The van der Waals surface area contributed by atoms with Gasteiger partial charge in [-0.1, -0.05) is 18.2 Å². The number of aromatic nitrogens is 1. The number of benzene rings is 2. The standard InChI is InChI=1S/C24H23N3O2/c28-22-5-1-4-21-24(22)29-23-11-15(16-3-2-10-25-14-16)6-9-20(23)27(21)19-12-17-7-8-18(13-19)26-17/h1-6,9-11,14,17-19,26,28H,7-8,12-13H2/t17-,18+,19?. The first kappa shape index (κ1) is 16.9. The van der Waals surface area contributed by atoms with E-state index in [1.165, 1.54) is 12.8 Å². The van der Waals surface area contributed by atoms with Crippen molar-refractivity contribution in [2.24, 2.45) is 0 Å². The molecule has 2 N–H and O–H groups in total. The number of aromatic hydroxyl groups is 1. The molecule has 0 radical (unpaired) electrons. The second-order valence-corrected chi connectivity index (χ2v) is 8.28. The third kappa shape index (κ3) is 2.76. The van der Waals surface area contributed by atoms with Gasteiger partial charge in [-0.25, -0.2) is 0 Å². The van der Waals surface area contributed by atoms with Crippen molar-refractivity contribution in [2.75, 3.05) is 4.90 Å². The fourth-order valence-corrected chi connectivity index (χ4v) is 5.19. The average Bonchev–Trinajstić information content (AvgIpc) is 3.10. The Morgan fingerprint density at radius 2 is 1.83 bits per heavy atom. The maximum Gasteiger partial charge on any atom is 0.192 e. The van der Waals surface area contributed by atoms with Gasteiger partial charge in [0, 0.05) is 36.1 Å². The molecule has 0 amide bonds. The number of fused-ring (bicyclic) bond motifs is 4. The molecule has 0 spiro atoms. The van der Waals surface area contributed by atoms with E-state index in [1.807, 2.05) is 24.4 Å². The monoisotopic (exact) mass is 385 g/mol. The minimum absolute atomic E-state index is 0.182. The summed E-state index contributed by atoms with van der Waals surface area (Å²) >= 11 is 0. The highest BCUT2D eigenvalue weighted by Crippen LogP contribution is 2.53. The Morgan fingerprint density at radius 1 is 0.966 bits per heavy atom.